The minimum Gasteiger partial charge on any atom is -0.494 e. The van der Waals surface area contributed by atoms with Crippen LogP contribution in [-0.4, -0.2) is 49.6 Å². The number of carbonyl (C=O) groups excluding carboxylic acids is 1. The third-order valence-electron chi connectivity index (χ3n) is 4.45. The Bertz CT molecular complexity index is 980. The van der Waals surface area contributed by atoms with Gasteiger partial charge < -0.3 is 9.64 Å². The van der Waals surface area contributed by atoms with Crippen molar-refractivity contribution in [3.8, 4) is 5.75 Å². The van der Waals surface area contributed by atoms with Crippen LogP contribution in [0.1, 0.15) is 30.1 Å². The van der Waals surface area contributed by atoms with Gasteiger partial charge in [-0.3, -0.25) is 9.69 Å². The predicted octanol–water partition coefficient (Wildman–Crippen LogP) is 5.24. The van der Waals surface area contributed by atoms with Crippen LogP contribution in [0, 0.1) is 5.82 Å². The fourth-order valence-electron chi connectivity index (χ4n) is 2.81. The lowest BCUT2D eigenvalue weighted by atomic mass is 10.2. The van der Waals surface area contributed by atoms with E-state index in [2.05, 4.69) is 11.9 Å². The third kappa shape index (κ3) is 5.90. The Labute approximate surface area is 186 Å². The van der Waals surface area contributed by atoms with Crippen molar-refractivity contribution < 1.29 is 13.9 Å². The summed E-state index contributed by atoms with van der Waals surface area (Å²) >= 11 is 1.32. The van der Waals surface area contributed by atoms with Crippen molar-refractivity contribution in [2.24, 2.45) is 0 Å². The summed E-state index contributed by atoms with van der Waals surface area (Å²) in [5.74, 6) is 0.121. The molecule has 5 nitrogen and oxygen atoms in total. The van der Waals surface area contributed by atoms with Gasteiger partial charge in [0, 0.05) is 18.7 Å². The van der Waals surface area contributed by atoms with Crippen molar-refractivity contribution in [1.82, 2.24) is 9.88 Å². The number of amides is 1. The molecule has 0 bridgehead atoms. The zero-order valence-corrected chi connectivity index (χ0v) is 19.1. The molecule has 1 heterocycles. The van der Waals surface area contributed by atoms with E-state index in [1.807, 2.05) is 37.2 Å². The SMILES string of the molecule is CCCCOc1cccc(C(=O)N(CCN(C)C)c2nc3c(F)cccc3s2)c1.Cl. The van der Waals surface area contributed by atoms with Gasteiger partial charge in [0.25, 0.3) is 5.91 Å². The number of hydrogen-bond donors (Lipinski definition) is 0. The second-order valence-electron chi connectivity index (χ2n) is 7.07. The van der Waals surface area contributed by atoms with Gasteiger partial charge in [-0.2, -0.15) is 0 Å². The van der Waals surface area contributed by atoms with E-state index >= 15 is 0 Å². The maximum absolute atomic E-state index is 14.1. The Balaban J connectivity index is 0.00000320. The van der Waals surface area contributed by atoms with Crippen LogP contribution in [0.5, 0.6) is 5.75 Å². The Hall–Kier alpha value is -2.22. The van der Waals surface area contributed by atoms with Crippen LogP contribution in [0.15, 0.2) is 42.5 Å². The van der Waals surface area contributed by atoms with Crippen molar-refractivity contribution in [2.75, 3.05) is 38.7 Å². The first-order valence-electron chi connectivity index (χ1n) is 9.74. The molecule has 3 aromatic rings. The second kappa shape index (κ2) is 11.2. The number of halogens is 2. The Kier molecular flexibility index (Phi) is 9.02. The van der Waals surface area contributed by atoms with E-state index in [-0.39, 0.29) is 24.1 Å². The molecule has 1 amide bonds. The molecule has 2 aromatic carbocycles. The minimum atomic E-state index is -0.378. The maximum Gasteiger partial charge on any atom is 0.260 e. The fourth-order valence-corrected chi connectivity index (χ4v) is 3.82. The van der Waals surface area contributed by atoms with Crippen LogP contribution in [0.2, 0.25) is 0 Å². The highest BCUT2D eigenvalue weighted by Crippen LogP contribution is 2.31. The number of ether oxygens (including phenoxy) is 1. The average Bonchev–Trinajstić information content (AvgIpc) is 3.13. The molecular weight excluding hydrogens is 425 g/mol. The molecule has 30 heavy (non-hydrogen) atoms. The first-order chi connectivity index (χ1) is 14.0. The molecule has 8 heteroatoms. The molecule has 0 aliphatic carbocycles. The van der Waals surface area contributed by atoms with Crippen molar-refractivity contribution in [1.29, 1.82) is 0 Å². The number of para-hydroxylation sites is 1. The Morgan fingerprint density at radius 1 is 1.17 bits per heavy atom. The normalized spacial score (nSPS) is 10.8. The van der Waals surface area contributed by atoms with E-state index in [9.17, 15) is 9.18 Å². The number of nitrogens with zero attached hydrogens (tertiary/aromatic N) is 3. The number of benzene rings is 2. The van der Waals surface area contributed by atoms with Crippen molar-refractivity contribution >= 4 is 45.0 Å². The monoisotopic (exact) mass is 451 g/mol. The fraction of sp³-hybridized carbons (Fsp3) is 0.364. The van der Waals surface area contributed by atoms with Crippen molar-refractivity contribution in [2.45, 2.75) is 19.8 Å². The van der Waals surface area contributed by atoms with E-state index in [4.69, 9.17) is 4.74 Å². The third-order valence-corrected chi connectivity index (χ3v) is 5.50. The summed E-state index contributed by atoms with van der Waals surface area (Å²) in [6, 6.07) is 12.1. The second-order valence-corrected chi connectivity index (χ2v) is 8.08. The number of fused-ring (bicyclic) bond motifs is 1. The summed E-state index contributed by atoms with van der Waals surface area (Å²) in [6.07, 6.45) is 2.01. The molecule has 162 valence electrons. The number of likely N-dealkylation sites (N-methyl/N-ethyl adjacent to an activating group) is 1. The Morgan fingerprint density at radius 3 is 2.63 bits per heavy atom. The number of aromatic nitrogens is 1. The van der Waals surface area contributed by atoms with Crippen LogP contribution in [0.3, 0.4) is 0 Å². The summed E-state index contributed by atoms with van der Waals surface area (Å²) in [4.78, 5) is 21.4. The lowest BCUT2D eigenvalue weighted by molar-refractivity contribution is 0.0984. The van der Waals surface area contributed by atoms with Gasteiger partial charge in [-0.1, -0.05) is 36.8 Å². The average molecular weight is 452 g/mol. The predicted molar refractivity (Wildman–Crippen MR) is 124 cm³/mol. The smallest absolute Gasteiger partial charge is 0.260 e. The van der Waals surface area contributed by atoms with Crippen LogP contribution >= 0.6 is 23.7 Å². The van der Waals surface area contributed by atoms with Gasteiger partial charge in [0.2, 0.25) is 0 Å². The molecule has 0 atom stereocenters. The molecule has 3 rings (SSSR count). The highest BCUT2D eigenvalue weighted by atomic mass is 35.5. The first kappa shape index (κ1) is 24.1. The molecule has 0 aliphatic rings. The van der Waals surface area contributed by atoms with Gasteiger partial charge in [0.05, 0.1) is 11.3 Å². The molecule has 0 aliphatic heterocycles. The van der Waals surface area contributed by atoms with Crippen LogP contribution in [0.4, 0.5) is 9.52 Å². The topological polar surface area (TPSA) is 45.7 Å². The zero-order valence-electron chi connectivity index (χ0n) is 17.4. The van der Waals surface area contributed by atoms with E-state index in [1.165, 1.54) is 17.4 Å². The summed E-state index contributed by atoms with van der Waals surface area (Å²) in [6.45, 7) is 3.84. The molecule has 0 unspecified atom stereocenters. The first-order valence-corrected chi connectivity index (χ1v) is 10.6. The number of unbranched alkanes of at least 4 members (excludes halogenated alkanes) is 1. The largest absolute Gasteiger partial charge is 0.494 e. The number of carbonyl (C=O) groups is 1. The molecule has 0 radical (unpaired) electrons. The quantitative estimate of drug-likeness (QED) is 0.417. The van der Waals surface area contributed by atoms with Gasteiger partial charge in [0.1, 0.15) is 17.1 Å². The highest BCUT2D eigenvalue weighted by molar-refractivity contribution is 7.22. The zero-order chi connectivity index (χ0) is 20.8. The summed E-state index contributed by atoms with van der Waals surface area (Å²) in [5.41, 5.74) is 0.823. The molecule has 0 spiro atoms. The lowest BCUT2D eigenvalue weighted by Gasteiger charge is -2.22. The highest BCUT2D eigenvalue weighted by Gasteiger charge is 2.22. The van der Waals surface area contributed by atoms with Gasteiger partial charge in [-0.05, 0) is 50.8 Å². The Morgan fingerprint density at radius 2 is 1.93 bits per heavy atom. The number of rotatable bonds is 9. The van der Waals surface area contributed by atoms with Crippen molar-refractivity contribution in [3.63, 3.8) is 0 Å². The van der Waals surface area contributed by atoms with Crippen LogP contribution < -0.4 is 9.64 Å². The van der Waals surface area contributed by atoms with E-state index in [0.29, 0.717) is 41.7 Å². The van der Waals surface area contributed by atoms with Crippen LogP contribution in [0.25, 0.3) is 10.2 Å². The maximum atomic E-state index is 14.1. The van der Waals surface area contributed by atoms with Gasteiger partial charge in [-0.25, -0.2) is 9.37 Å². The lowest BCUT2D eigenvalue weighted by Crippen LogP contribution is -2.36. The molecule has 0 saturated carbocycles. The summed E-state index contributed by atoms with van der Waals surface area (Å²) in [7, 11) is 3.89. The van der Waals surface area contributed by atoms with Crippen molar-refractivity contribution in [3.05, 3.63) is 53.8 Å². The van der Waals surface area contributed by atoms with Crippen LogP contribution in [-0.2, 0) is 0 Å². The molecule has 0 N–H and O–H groups in total. The van der Waals surface area contributed by atoms with Gasteiger partial charge in [0.15, 0.2) is 5.13 Å². The number of thiazole rings is 1. The summed E-state index contributed by atoms with van der Waals surface area (Å²) in [5, 5.41) is 0.495. The molecule has 0 fully saturated rings. The summed E-state index contributed by atoms with van der Waals surface area (Å²) < 4.78 is 20.6. The molecular formula is C22H27ClFN3O2S. The van der Waals surface area contributed by atoms with Gasteiger partial charge >= 0.3 is 0 Å². The molecule has 1 aromatic heterocycles. The standard InChI is InChI=1S/C22H26FN3O2S.ClH/c1-4-5-14-28-17-9-6-8-16(15-17)21(27)26(13-12-25(2)3)22-24-20-18(23)10-7-11-19(20)29-22;/h6-11,15H,4-5,12-14H2,1-3H3;1H. The van der Waals surface area contributed by atoms with E-state index < -0.39 is 0 Å². The number of anilines is 1. The van der Waals surface area contributed by atoms with E-state index in [0.717, 1.165) is 17.5 Å². The number of hydrogen-bond acceptors (Lipinski definition) is 5. The molecule has 0 saturated heterocycles. The van der Waals surface area contributed by atoms with E-state index in [1.54, 1.807) is 23.1 Å². The minimum absolute atomic E-state index is 0. The van der Waals surface area contributed by atoms with Gasteiger partial charge in [-0.15, -0.1) is 12.4 Å².